The normalized spacial score (nSPS) is 13.9. The van der Waals surface area contributed by atoms with E-state index in [0.29, 0.717) is 0 Å². The van der Waals surface area contributed by atoms with E-state index in [1.807, 2.05) is 0 Å². The first-order chi connectivity index (χ1) is 3.95. The molecule has 0 radical (unpaired) electrons. The van der Waals surface area contributed by atoms with Gasteiger partial charge in [0.05, 0.1) is 22.0 Å². The van der Waals surface area contributed by atoms with Gasteiger partial charge in [0.15, 0.2) is 0 Å². The fraction of sp³-hybridized carbons (Fsp3) is 1.00. The van der Waals surface area contributed by atoms with Crippen molar-refractivity contribution in [3.63, 3.8) is 0 Å². The number of hydrogen-bond acceptors (Lipinski definition) is 4. The van der Waals surface area contributed by atoms with Gasteiger partial charge in [-0.2, -0.15) is 0 Å². The van der Waals surface area contributed by atoms with Gasteiger partial charge in [-0.05, 0) is 0 Å². The van der Waals surface area contributed by atoms with E-state index in [2.05, 4.69) is 0 Å². The van der Waals surface area contributed by atoms with Crippen molar-refractivity contribution in [1.82, 2.24) is 0 Å². The maximum atomic E-state index is 11.3. The zero-order valence-corrected chi connectivity index (χ0v) is 8.27. The van der Waals surface area contributed by atoms with E-state index in [4.69, 9.17) is 5.11 Å². The van der Waals surface area contributed by atoms with Crippen LogP contribution in [0.25, 0.3) is 0 Å². The standard InChI is InChI=1S/C3H7FO4S.Na/c4-1-3(5)2-9(6,7)8;/h3,5H,1-2H2,(H,6,7,8);/q;+1/p-1. The Bertz CT molecular complexity index is 167. The zero-order valence-electron chi connectivity index (χ0n) is 5.45. The van der Waals surface area contributed by atoms with Crippen molar-refractivity contribution < 1.29 is 52.0 Å². The molecule has 0 saturated carbocycles. The van der Waals surface area contributed by atoms with Crippen LogP contribution in [0.15, 0.2) is 0 Å². The molecule has 1 atom stereocenters. The molecule has 1 N–H and O–H groups in total. The van der Waals surface area contributed by atoms with Crippen molar-refractivity contribution in [2.24, 2.45) is 0 Å². The summed E-state index contributed by atoms with van der Waals surface area (Å²) in [6.07, 6.45) is -1.67. The molecule has 4 nitrogen and oxygen atoms in total. The molecule has 0 aliphatic carbocycles. The number of halogens is 1. The minimum absolute atomic E-state index is 0. The molecular weight excluding hydrogens is 174 g/mol. The third-order valence-electron chi connectivity index (χ3n) is 0.575. The molecule has 0 rings (SSSR count). The van der Waals surface area contributed by atoms with E-state index in [1.165, 1.54) is 0 Å². The monoisotopic (exact) mass is 180 g/mol. The second kappa shape index (κ2) is 5.45. The molecule has 10 heavy (non-hydrogen) atoms. The average Bonchev–Trinajstić information content (AvgIpc) is 1.62. The van der Waals surface area contributed by atoms with Gasteiger partial charge in [-0.25, -0.2) is 12.8 Å². The van der Waals surface area contributed by atoms with Crippen LogP contribution in [-0.2, 0) is 10.1 Å². The first kappa shape index (κ1) is 13.4. The van der Waals surface area contributed by atoms with Crippen molar-refractivity contribution >= 4 is 10.1 Å². The van der Waals surface area contributed by atoms with Gasteiger partial charge in [-0.3, -0.25) is 0 Å². The largest absolute Gasteiger partial charge is 1.00 e. The Kier molecular flexibility index (Phi) is 7.30. The van der Waals surface area contributed by atoms with Crippen LogP contribution in [0.4, 0.5) is 4.39 Å². The average molecular weight is 180 g/mol. The van der Waals surface area contributed by atoms with Gasteiger partial charge in [0.1, 0.15) is 6.67 Å². The van der Waals surface area contributed by atoms with Crippen molar-refractivity contribution in [3.8, 4) is 0 Å². The molecule has 0 aromatic rings. The molecule has 0 fully saturated rings. The fourth-order valence-electron chi connectivity index (χ4n) is 0.280. The van der Waals surface area contributed by atoms with Crippen LogP contribution in [0.5, 0.6) is 0 Å². The summed E-state index contributed by atoms with van der Waals surface area (Å²) in [6.45, 7) is -1.21. The Morgan fingerprint density at radius 1 is 1.60 bits per heavy atom. The van der Waals surface area contributed by atoms with Crippen molar-refractivity contribution in [1.29, 1.82) is 0 Å². The number of rotatable bonds is 3. The van der Waals surface area contributed by atoms with Crippen LogP contribution in [0, 0.1) is 0 Å². The molecule has 1 unspecified atom stereocenters. The summed E-state index contributed by atoms with van der Waals surface area (Å²) in [7, 11) is -4.48. The Balaban J connectivity index is 0. The van der Waals surface area contributed by atoms with Gasteiger partial charge in [0.25, 0.3) is 0 Å². The van der Waals surface area contributed by atoms with Gasteiger partial charge in [0.2, 0.25) is 0 Å². The SMILES string of the molecule is O=S(=O)([O-])CC(O)CF.[Na+]. The van der Waals surface area contributed by atoms with Crippen molar-refractivity contribution in [2.75, 3.05) is 12.4 Å². The minimum atomic E-state index is -4.48. The molecule has 0 saturated heterocycles. The predicted octanol–water partition coefficient (Wildman–Crippen LogP) is -4.13. The van der Waals surface area contributed by atoms with Crippen LogP contribution >= 0.6 is 0 Å². The first-order valence-corrected chi connectivity index (χ1v) is 3.71. The van der Waals surface area contributed by atoms with Gasteiger partial charge in [-0.15, -0.1) is 0 Å². The van der Waals surface area contributed by atoms with Gasteiger partial charge in [-0.1, -0.05) is 0 Å². The summed E-state index contributed by atoms with van der Waals surface area (Å²) < 4.78 is 40.4. The molecular formula is C3H6FNaO4S. The topological polar surface area (TPSA) is 77.4 Å². The molecule has 0 heterocycles. The second-order valence-corrected chi connectivity index (χ2v) is 2.98. The van der Waals surface area contributed by atoms with Crippen molar-refractivity contribution in [2.45, 2.75) is 6.10 Å². The van der Waals surface area contributed by atoms with Crippen LogP contribution in [0.3, 0.4) is 0 Å². The number of alkyl halides is 1. The molecule has 0 aliphatic rings. The smallest absolute Gasteiger partial charge is 0.748 e. The van der Waals surface area contributed by atoms with Crippen LogP contribution in [0.1, 0.15) is 0 Å². The van der Waals surface area contributed by atoms with Crippen LogP contribution < -0.4 is 29.6 Å². The summed E-state index contributed by atoms with van der Waals surface area (Å²) in [5, 5.41) is 8.24. The Morgan fingerprint density at radius 3 is 2.10 bits per heavy atom. The van der Waals surface area contributed by atoms with E-state index in [9.17, 15) is 17.4 Å². The van der Waals surface area contributed by atoms with Gasteiger partial charge in [0, 0.05) is 0 Å². The first-order valence-electron chi connectivity index (χ1n) is 2.13. The molecule has 0 aromatic carbocycles. The zero-order chi connectivity index (χ0) is 7.49. The predicted molar refractivity (Wildman–Crippen MR) is 26.5 cm³/mol. The van der Waals surface area contributed by atoms with E-state index in [-0.39, 0.29) is 29.6 Å². The molecule has 56 valence electrons. The Labute approximate surface area is 80.5 Å². The summed E-state index contributed by atoms with van der Waals surface area (Å²) in [6, 6.07) is 0. The van der Waals surface area contributed by atoms with Crippen LogP contribution in [-0.4, -0.2) is 36.6 Å². The molecule has 0 amide bonds. The fourth-order valence-corrected chi connectivity index (χ4v) is 0.841. The molecule has 0 spiro atoms. The van der Waals surface area contributed by atoms with E-state index >= 15 is 0 Å². The maximum Gasteiger partial charge on any atom is 1.00 e. The second-order valence-electron chi connectivity index (χ2n) is 1.53. The number of hydrogen-bond donors (Lipinski definition) is 1. The summed E-state index contributed by atoms with van der Waals surface area (Å²) in [5.41, 5.74) is 0. The quantitative estimate of drug-likeness (QED) is 0.353. The van der Waals surface area contributed by atoms with Crippen molar-refractivity contribution in [3.05, 3.63) is 0 Å². The number of aliphatic hydroxyl groups excluding tert-OH is 1. The number of aliphatic hydroxyl groups is 1. The molecule has 7 heteroatoms. The van der Waals surface area contributed by atoms with Gasteiger partial charge >= 0.3 is 29.6 Å². The Hall–Kier alpha value is 0.800. The van der Waals surface area contributed by atoms with E-state index in [0.717, 1.165) is 0 Å². The Morgan fingerprint density at radius 2 is 2.00 bits per heavy atom. The van der Waals surface area contributed by atoms with E-state index < -0.39 is 28.6 Å². The third-order valence-corrected chi connectivity index (χ3v) is 1.37. The summed E-state index contributed by atoms with van der Waals surface area (Å²) >= 11 is 0. The summed E-state index contributed by atoms with van der Waals surface area (Å²) in [4.78, 5) is 0. The molecule has 0 aromatic heterocycles. The molecule has 0 aliphatic heterocycles. The van der Waals surface area contributed by atoms with E-state index in [1.54, 1.807) is 0 Å². The maximum absolute atomic E-state index is 11.3. The summed E-state index contributed by atoms with van der Waals surface area (Å²) in [5.74, 6) is -1.05. The van der Waals surface area contributed by atoms with Gasteiger partial charge < -0.3 is 9.66 Å². The van der Waals surface area contributed by atoms with Crippen LogP contribution in [0.2, 0.25) is 0 Å². The molecule has 0 bridgehead atoms. The third kappa shape index (κ3) is 8.80. The minimum Gasteiger partial charge on any atom is -0.748 e.